The van der Waals surface area contributed by atoms with Crippen molar-refractivity contribution in [1.82, 2.24) is 5.16 Å². The minimum atomic E-state index is -0.279. The molecule has 162 valence electrons. The molecule has 1 aromatic heterocycles. The molecule has 3 aromatic rings. The molecule has 6 heteroatoms. The van der Waals surface area contributed by atoms with Gasteiger partial charge in [-0.15, -0.1) is 0 Å². The largest absolute Gasteiger partial charge is 0.484 e. The number of rotatable bonds is 5. The summed E-state index contributed by atoms with van der Waals surface area (Å²) in [6, 6.07) is 13.3. The second-order valence-corrected chi connectivity index (χ2v) is 9.36. The first-order valence-electron chi connectivity index (χ1n) is 10.6. The number of carbonyl (C=O) groups is 1. The molecular formula is C25H27ClN2O3. The molecule has 1 aliphatic carbocycles. The molecule has 0 aliphatic heterocycles. The number of aromatic nitrogens is 1. The molecule has 0 unspecified atom stereocenters. The third-order valence-corrected chi connectivity index (χ3v) is 5.88. The van der Waals surface area contributed by atoms with Crippen LogP contribution >= 0.6 is 11.6 Å². The van der Waals surface area contributed by atoms with E-state index < -0.39 is 0 Å². The lowest BCUT2D eigenvalue weighted by Crippen LogP contribution is -2.20. The molecule has 0 bridgehead atoms. The zero-order chi connectivity index (χ0) is 22.0. The summed E-state index contributed by atoms with van der Waals surface area (Å²) in [7, 11) is 0. The molecule has 0 radical (unpaired) electrons. The van der Waals surface area contributed by atoms with Crippen LogP contribution in [0.1, 0.15) is 50.4 Å². The van der Waals surface area contributed by atoms with Crippen molar-refractivity contribution in [2.45, 2.75) is 51.9 Å². The van der Waals surface area contributed by atoms with Gasteiger partial charge >= 0.3 is 0 Å². The number of nitrogens with one attached hydrogen (secondary N) is 1. The number of carbonyl (C=O) groups excluding carboxylic acids is 1. The quantitative estimate of drug-likeness (QED) is 0.515. The van der Waals surface area contributed by atoms with Crippen molar-refractivity contribution in [3.63, 3.8) is 0 Å². The van der Waals surface area contributed by atoms with Gasteiger partial charge in [-0.25, -0.2) is 0 Å². The number of ether oxygens (including phenoxy) is 1. The van der Waals surface area contributed by atoms with Crippen molar-refractivity contribution < 1.29 is 14.1 Å². The van der Waals surface area contributed by atoms with E-state index in [0.717, 1.165) is 48.3 Å². The average molecular weight is 439 g/mol. The van der Waals surface area contributed by atoms with E-state index in [1.165, 1.54) is 5.56 Å². The maximum atomic E-state index is 12.5. The Morgan fingerprint density at radius 2 is 1.87 bits per heavy atom. The molecule has 4 rings (SSSR count). The SMILES string of the molecule is CC(C)(C)c1ccc(OCC(=O)Nc2cc(-c3onc4c3CCCC4)ccc2Cl)cc1. The molecule has 1 amide bonds. The Balaban J connectivity index is 1.42. The van der Waals surface area contributed by atoms with E-state index in [1.807, 2.05) is 36.4 Å². The van der Waals surface area contributed by atoms with Crippen molar-refractivity contribution >= 4 is 23.2 Å². The molecule has 0 fully saturated rings. The van der Waals surface area contributed by atoms with Gasteiger partial charge in [0.1, 0.15) is 5.75 Å². The van der Waals surface area contributed by atoms with Crippen LogP contribution in [-0.4, -0.2) is 17.7 Å². The van der Waals surface area contributed by atoms with E-state index in [0.29, 0.717) is 16.5 Å². The van der Waals surface area contributed by atoms with E-state index in [1.54, 1.807) is 6.07 Å². The van der Waals surface area contributed by atoms with Crippen LogP contribution in [-0.2, 0) is 23.1 Å². The van der Waals surface area contributed by atoms with E-state index >= 15 is 0 Å². The van der Waals surface area contributed by atoms with Gasteiger partial charge in [-0.05, 0) is 67.0 Å². The smallest absolute Gasteiger partial charge is 0.262 e. The van der Waals surface area contributed by atoms with Crippen molar-refractivity contribution in [3.05, 3.63) is 64.3 Å². The maximum absolute atomic E-state index is 12.5. The Bertz CT molecular complexity index is 1080. The van der Waals surface area contributed by atoms with E-state index in [4.69, 9.17) is 20.9 Å². The normalized spacial score (nSPS) is 13.5. The molecule has 1 N–H and O–H groups in total. The summed E-state index contributed by atoms with van der Waals surface area (Å²) >= 11 is 6.32. The van der Waals surface area contributed by atoms with Gasteiger partial charge in [0.25, 0.3) is 5.91 Å². The molecular weight excluding hydrogens is 412 g/mol. The number of aryl methyl sites for hydroxylation is 1. The fourth-order valence-corrected chi connectivity index (χ4v) is 3.93. The van der Waals surface area contributed by atoms with Crippen LogP contribution in [0.25, 0.3) is 11.3 Å². The Morgan fingerprint density at radius 3 is 2.61 bits per heavy atom. The van der Waals surface area contributed by atoms with Crippen LogP contribution in [0.3, 0.4) is 0 Å². The number of hydrogen-bond acceptors (Lipinski definition) is 4. The molecule has 1 heterocycles. The summed E-state index contributed by atoms with van der Waals surface area (Å²) < 4.78 is 11.3. The number of amides is 1. The van der Waals surface area contributed by atoms with Crippen molar-refractivity contribution in [1.29, 1.82) is 0 Å². The van der Waals surface area contributed by atoms with Crippen LogP contribution < -0.4 is 10.1 Å². The number of halogens is 1. The zero-order valence-electron chi connectivity index (χ0n) is 18.1. The second-order valence-electron chi connectivity index (χ2n) is 8.95. The van der Waals surface area contributed by atoms with Gasteiger partial charge < -0.3 is 14.6 Å². The van der Waals surface area contributed by atoms with E-state index in [2.05, 4.69) is 31.2 Å². The number of nitrogens with zero attached hydrogens (tertiary/aromatic N) is 1. The lowest BCUT2D eigenvalue weighted by molar-refractivity contribution is -0.118. The molecule has 0 spiro atoms. The van der Waals surface area contributed by atoms with E-state index in [9.17, 15) is 4.79 Å². The predicted molar refractivity (Wildman–Crippen MR) is 123 cm³/mol. The number of anilines is 1. The van der Waals surface area contributed by atoms with Gasteiger partial charge in [0, 0.05) is 11.1 Å². The van der Waals surface area contributed by atoms with Gasteiger partial charge in [-0.1, -0.05) is 49.7 Å². The fourth-order valence-electron chi connectivity index (χ4n) is 3.77. The lowest BCUT2D eigenvalue weighted by atomic mass is 9.87. The summed E-state index contributed by atoms with van der Waals surface area (Å²) in [6.45, 7) is 6.36. The number of hydrogen-bond donors (Lipinski definition) is 1. The predicted octanol–water partition coefficient (Wildman–Crippen LogP) is 6.19. The summed E-state index contributed by atoms with van der Waals surface area (Å²) in [5.74, 6) is 1.13. The van der Waals surface area contributed by atoms with Crippen LogP contribution in [0.4, 0.5) is 5.69 Å². The summed E-state index contributed by atoms with van der Waals surface area (Å²) in [6.07, 6.45) is 4.18. The molecule has 0 saturated carbocycles. The first-order chi connectivity index (χ1) is 14.8. The van der Waals surface area contributed by atoms with Crippen molar-refractivity contribution in [3.8, 4) is 17.1 Å². The highest BCUT2D eigenvalue weighted by Gasteiger charge is 2.21. The number of fused-ring (bicyclic) bond motifs is 1. The van der Waals surface area contributed by atoms with E-state index in [-0.39, 0.29) is 17.9 Å². The van der Waals surface area contributed by atoms with Gasteiger partial charge in [-0.2, -0.15) is 0 Å². The highest BCUT2D eigenvalue weighted by Crippen LogP contribution is 2.35. The Morgan fingerprint density at radius 1 is 1.13 bits per heavy atom. The van der Waals surface area contributed by atoms with Crippen LogP contribution in [0.2, 0.25) is 5.02 Å². The molecule has 0 atom stereocenters. The lowest BCUT2D eigenvalue weighted by Gasteiger charge is -2.19. The van der Waals surface area contributed by atoms with Crippen molar-refractivity contribution in [2.75, 3.05) is 11.9 Å². The van der Waals surface area contributed by atoms with Crippen molar-refractivity contribution in [2.24, 2.45) is 0 Å². The van der Waals surface area contributed by atoms with Gasteiger partial charge in [-0.3, -0.25) is 4.79 Å². The first kappa shape index (κ1) is 21.4. The first-order valence-corrected chi connectivity index (χ1v) is 11.0. The summed E-state index contributed by atoms with van der Waals surface area (Å²) in [4.78, 5) is 12.5. The van der Waals surface area contributed by atoms with Crippen LogP contribution in [0.15, 0.2) is 47.0 Å². The molecule has 2 aromatic carbocycles. The molecule has 1 aliphatic rings. The van der Waals surface area contributed by atoms with Gasteiger partial charge in [0.05, 0.1) is 16.4 Å². The second kappa shape index (κ2) is 8.75. The number of benzene rings is 2. The Hall–Kier alpha value is -2.79. The average Bonchev–Trinajstić information content (AvgIpc) is 3.18. The summed E-state index contributed by atoms with van der Waals surface area (Å²) in [5, 5.41) is 7.51. The summed E-state index contributed by atoms with van der Waals surface area (Å²) in [5.41, 5.74) is 4.86. The molecule has 0 saturated heterocycles. The Labute approximate surface area is 187 Å². The van der Waals surface area contributed by atoms with Crippen LogP contribution in [0, 0.1) is 0 Å². The Kier molecular flexibility index (Phi) is 6.05. The third-order valence-electron chi connectivity index (χ3n) is 5.55. The monoisotopic (exact) mass is 438 g/mol. The standard InChI is InChI=1S/C25H27ClN2O3/c1-25(2,3)17-9-11-18(12-10-17)30-15-23(29)27-22-14-16(8-13-20(22)26)24-19-6-4-5-7-21(19)28-31-24/h8-14H,4-7,15H2,1-3H3,(H,27,29). The fraction of sp³-hybridized carbons (Fsp3) is 0.360. The minimum absolute atomic E-state index is 0.0699. The third kappa shape index (κ3) is 4.93. The van der Waals surface area contributed by atoms with Gasteiger partial charge in [0.15, 0.2) is 12.4 Å². The minimum Gasteiger partial charge on any atom is -0.484 e. The van der Waals surface area contributed by atoms with Gasteiger partial charge in [0.2, 0.25) is 0 Å². The zero-order valence-corrected chi connectivity index (χ0v) is 18.9. The molecule has 31 heavy (non-hydrogen) atoms. The van der Waals surface area contributed by atoms with Crippen LogP contribution in [0.5, 0.6) is 5.75 Å². The maximum Gasteiger partial charge on any atom is 0.262 e. The molecule has 5 nitrogen and oxygen atoms in total. The highest BCUT2D eigenvalue weighted by molar-refractivity contribution is 6.33. The topological polar surface area (TPSA) is 64.4 Å². The highest BCUT2D eigenvalue weighted by atomic mass is 35.5.